The maximum absolute atomic E-state index is 12.7. The molecule has 0 unspecified atom stereocenters. The number of fused-ring (bicyclic) bond motifs is 1. The highest BCUT2D eigenvalue weighted by Crippen LogP contribution is 2.30. The van der Waals surface area contributed by atoms with E-state index in [1.54, 1.807) is 4.57 Å². The Bertz CT molecular complexity index is 677. The van der Waals surface area contributed by atoms with Gasteiger partial charge in [-0.25, -0.2) is 4.98 Å². The first-order valence-corrected chi connectivity index (χ1v) is 7.55. The van der Waals surface area contributed by atoms with Crippen LogP contribution < -0.4 is 0 Å². The molecular weight excluding hydrogens is 309 g/mol. The summed E-state index contributed by atoms with van der Waals surface area (Å²) in [4.78, 5) is 5.83. The Morgan fingerprint density at radius 3 is 2.87 bits per heavy atom. The van der Waals surface area contributed by atoms with Crippen molar-refractivity contribution >= 4 is 0 Å². The molecule has 0 fully saturated rings. The van der Waals surface area contributed by atoms with Crippen LogP contribution in [0.3, 0.4) is 0 Å². The molecule has 0 amide bonds. The van der Waals surface area contributed by atoms with E-state index in [0.29, 0.717) is 31.3 Å². The van der Waals surface area contributed by atoms with E-state index in [-0.39, 0.29) is 0 Å². The Morgan fingerprint density at radius 2 is 2.22 bits per heavy atom. The molecule has 3 rings (SSSR count). The van der Waals surface area contributed by atoms with Gasteiger partial charge in [0, 0.05) is 38.3 Å². The van der Waals surface area contributed by atoms with E-state index in [9.17, 15) is 13.2 Å². The third-order valence-corrected chi connectivity index (χ3v) is 4.06. The van der Waals surface area contributed by atoms with Crippen molar-refractivity contribution < 1.29 is 17.7 Å². The monoisotopic (exact) mass is 328 g/mol. The van der Waals surface area contributed by atoms with Crippen molar-refractivity contribution in [2.75, 3.05) is 13.6 Å². The number of rotatable bonds is 4. The maximum Gasteiger partial charge on any atom is 0.434 e. The summed E-state index contributed by atoms with van der Waals surface area (Å²) in [5, 5.41) is 3.96. The van der Waals surface area contributed by atoms with Crippen LogP contribution in [0.4, 0.5) is 13.2 Å². The van der Waals surface area contributed by atoms with Gasteiger partial charge in [-0.05, 0) is 26.3 Å². The minimum Gasteiger partial charge on any atom is -0.361 e. The van der Waals surface area contributed by atoms with Crippen LogP contribution in [-0.4, -0.2) is 33.2 Å². The zero-order valence-corrected chi connectivity index (χ0v) is 13.1. The fourth-order valence-electron chi connectivity index (χ4n) is 3.07. The predicted octanol–water partition coefficient (Wildman–Crippen LogP) is 2.89. The van der Waals surface area contributed by atoms with E-state index in [1.165, 1.54) is 0 Å². The minimum absolute atomic E-state index is 0.302. The molecule has 8 heteroatoms. The van der Waals surface area contributed by atoms with E-state index >= 15 is 0 Å². The van der Waals surface area contributed by atoms with E-state index in [1.807, 2.05) is 20.0 Å². The summed E-state index contributed by atoms with van der Waals surface area (Å²) in [6.45, 7) is 3.88. The first-order valence-electron chi connectivity index (χ1n) is 7.55. The largest absolute Gasteiger partial charge is 0.434 e. The number of nitrogens with zero attached hydrogens (tertiary/aromatic N) is 4. The number of halogens is 3. The standard InChI is InChI=1S/C15H19F3N4O/c1-10-5-12(20-23-10)8-21(2)6-11-3-4-14-19-13(15(16,17)18)9-22(14)7-11/h5,9,11H,3-4,6-8H2,1-2H3/t11-/m1/s1. The van der Waals surface area contributed by atoms with E-state index in [4.69, 9.17) is 4.52 Å². The lowest BCUT2D eigenvalue weighted by molar-refractivity contribution is -0.141. The summed E-state index contributed by atoms with van der Waals surface area (Å²) in [7, 11) is 1.98. The van der Waals surface area contributed by atoms with Gasteiger partial charge in [-0.15, -0.1) is 0 Å². The lowest BCUT2D eigenvalue weighted by Crippen LogP contribution is -2.31. The van der Waals surface area contributed by atoms with Crippen LogP contribution in [0, 0.1) is 12.8 Å². The maximum atomic E-state index is 12.7. The Kier molecular flexibility index (Phi) is 4.18. The highest BCUT2D eigenvalue weighted by molar-refractivity contribution is 5.10. The molecule has 0 radical (unpaired) electrons. The van der Waals surface area contributed by atoms with Gasteiger partial charge in [0.15, 0.2) is 5.69 Å². The Hall–Kier alpha value is -1.83. The number of hydrogen-bond acceptors (Lipinski definition) is 4. The van der Waals surface area contributed by atoms with Gasteiger partial charge in [-0.1, -0.05) is 5.16 Å². The van der Waals surface area contributed by atoms with Gasteiger partial charge in [0.2, 0.25) is 0 Å². The molecule has 0 saturated heterocycles. The Balaban J connectivity index is 1.59. The molecule has 3 heterocycles. The third kappa shape index (κ3) is 3.74. The van der Waals surface area contributed by atoms with Gasteiger partial charge in [0.25, 0.3) is 0 Å². The van der Waals surface area contributed by atoms with Crippen LogP contribution >= 0.6 is 0 Å². The van der Waals surface area contributed by atoms with Crippen molar-refractivity contribution in [1.29, 1.82) is 0 Å². The van der Waals surface area contributed by atoms with Crippen molar-refractivity contribution in [2.45, 2.75) is 39.0 Å². The van der Waals surface area contributed by atoms with E-state index in [0.717, 1.165) is 30.6 Å². The van der Waals surface area contributed by atoms with Crippen molar-refractivity contribution in [3.63, 3.8) is 0 Å². The molecule has 23 heavy (non-hydrogen) atoms. The molecule has 0 spiro atoms. The molecule has 5 nitrogen and oxygen atoms in total. The Labute approximate surface area is 132 Å². The number of imidazole rings is 1. The van der Waals surface area contributed by atoms with Crippen LogP contribution in [0.5, 0.6) is 0 Å². The van der Waals surface area contributed by atoms with Crippen LogP contribution in [0.1, 0.15) is 29.4 Å². The highest BCUT2D eigenvalue weighted by Gasteiger charge is 2.35. The average molecular weight is 328 g/mol. The van der Waals surface area contributed by atoms with Crippen LogP contribution in [0.25, 0.3) is 0 Å². The summed E-state index contributed by atoms with van der Waals surface area (Å²) in [6.07, 6.45) is -1.82. The van der Waals surface area contributed by atoms with Crippen LogP contribution in [0.15, 0.2) is 16.8 Å². The zero-order chi connectivity index (χ0) is 16.6. The molecule has 1 atom stereocenters. The van der Waals surface area contributed by atoms with Gasteiger partial charge in [0.1, 0.15) is 11.6 Å². The number of hydrogen-bond donors (Lipinski definition) is 0. The van der Waals surface area contributed by atoms with Gasteiger partial charge in [-0.3, -0.25) is 0 Å². The number of alkyl halides is 3. The van der Waals surface area contributed by atoms with Gasteiger partial charge >= 0.3 is 6.18 Å². The molecule has 1 aliphatic heterocycles. The summed E-state index contributed by atoms with van der Waals surface area (Å²) < 4.78 is 44.9. The molecule has 2 aromatic heterocycles. The molecule has 1 aliphatic rings. The average Bonchev–Trinajstić information content (AvgIpc) is 3.04. The van der Waals surface area contributed by atoms with Crippen molar-refractivity contribution in [2.24, 2.45) is 5.92 Å². The topological polar surface area (TPSA) is 47.1 Å². The van der Waals surface area contributed by atoms with Crippen LogP contribution in [0.2, 0.25) is 0 Å². The smallest absolute Gasteiger partial charge is 0.361 e. The fourth-order valence-corrected chi connectivity index (χ4v) is 3.07. The third-order valence-electron chi connectivity index (χ3n) is 4.06. The molecule has 0 N–H and O–H groups in total. The van der Waals surface area contributed by atoms with E-state index < -0.39 is 11.9 Å². The second-order valence-electron chi connectivity index (χ2n) is 6.22. The van der Waals surface area contributed by atoms with Crippen molar-refractivity contribution in [1.82, 2.24) is 19.6 Å². The molecular formula is C15H19F3N4O. The molecule has 0 saturated carbocycles. The zero-order valence-electron chi connectivity index (χ0n) is 13.1. The molecule has 126 valence electrons. The summed E-state index contributed by atoms with van der Waals surface area (Å²) in [6, 6.07) is 1.89. The van der Waals surface area contributed by atoms with Crippen molar-refractivity contribution in [3.05, 3.63) is 35.2 Å². The second kappa shape index (κ2) is 5.99. The quantitative estimate of drug-likeness (QED) is 0.866. The summed E-state index contributed by atoms with van der Waals surface area (Å²) >= 11 is 0. The van der Waals surface area contributed by atoms with Crippen LogP contribution in [-0.2, 0) is 25.7 Å². The summed E-state index contributed by atoms with van der Waals surface area (Å²) in [5.74, 6) is 1.60. The molecule has 2 aromatic rings. The first kappa shape index (κ1) is 16.0. The predicted molar refractivity (Wildman–Crippen MR) is 76.6 cm³/mol. The SMILES string of the molecule is Cc1cc(CN(C)C[C@H]2CCc3nc(C(F)(F)F)cn3C2)no1. The normalized spacial score (nSPS) is 18.4. The van der Waals surface area contributed by atoms with Crippen molar-refractivity contribution in [3.8, 4) is 0 Å². The minimum atomic E-state index is -4.37. The van der Waals surface area contributed by atoms with Gasteiger partial charge in [-0.2, -0.15) is 13.2 Å². The van der Waals surface area contributed by atoms with Gasteiger partial charge < -0.3 is 14.0 Å². The number of aryl methyl sites for hydroxylation is 2. The summed E-state index contributed by atoms with van der Waals surface area (Å²) in [5.41, 5.74) is 0.0723. The van der Waals surface area contributed by atoms with Gasteiger partial charge in [0.05, 0.1) is 5.69 Å². The second-order valence-corrected chi connectivity index (χ2v) is 6.22. The lowest BCUT2D eigenvalue weighted by atomic mass is 9.99. The molecule has 0 bridgehead atoms. The fraction of sp³-hybridized carbons (Fsp3) is 0.600. The number of aromatic nitrogens is 3. The molecule has 0 aliphatic carbocycles. The lowest BCUT2D eigenvalue weighted by Gasteiger charge is -2.27. The Morgan fingerprint density at radius 1 is 1.43 bits per heavy atom. The first-order chi connectivity index (χ1) is 10.8. The van der Waals surface area contributed by atoms with E-state index in [2.05, 4.69) is 15.0 Å². The molecule has 0 aromatic carbocycles. The highest BCUT2D eigenvalue weighted by atomic mass is 19.4.